The highest BCUT2D eigenvalue weighted by atomic mass is 32.2. The third-order valence-corrected chi connectivity index (χ3v) is 4.72. The molecule has 90 valence electrons. The van der Waals surface area contributed by atoms with E-state index in [0.717, 1.165) is 22.0 Å². The first kappa shape index (κ1) is 11.7. The minimum atomic E-state index is 0.878. The largest absolute Gasteiger partial charge is 0.261 e. The lowest BCUT2D eigenvalue weighted by atomic mass is 10.1. The Hall–Kier alpha value is -1.39. The van der Waals surface area contributed by atoms with Crippen molar-refractivity contribution in [1.82, 2.24) is 9.97 Å². The number of benzene rings is 1. The lowest BCUT2D eigenvalue weighted by Gasteiger charge is -2.00. The van der Waals surface area contributed by atoms with Gasteiger partial charge in [0.2, 0.25) is 0 Å². The molecule has 0 N–H and O–H groups in total. The van der Waals surface area contributed by atoms with Gasteiger partial charge in [-0.2, -0.15) is 0 Å². The molecule has 2 nitrogen and oxygen atoms in total. The average Bonchev–Trinajstić information content (AvgIpc) is 2.82. The van der Waals surface area contributed by atoms with Gasteiger partial charge in [-0.25, -0.2) is 4.98 Å². The summed E-state index contributed by atoms with van der Waals surface area (Å²) in [6, 6.07) is 12.5. The summed E-state index contributed by atoms with van der Waals surface area (Å²) < 4.78 is 2.38. The standard InChI is InChI=1S/C14H12N2S2/c1-17-14-16-12-6-5-10(9-13(12)18-14)8-11-4-2-3-7-15-11/h2-7,9H,8H2,1H3. The third kappa shape index (κ3) is 2.40. The van der Waals surface area contributed by atoms with Gasteiger partial charge in [-0.1, -0.05) is 23.9 Å². The van der Waals surface area contributed by atoms with E-state index in [1.54, 1.807) is 23.1 Å². The molecule has 2 aromatic heterocycles. The second kappa shape index (κ2) is 5.08. The number of rotatable bonds is 3. The zero-order valence-electron chi connectivity index (χ0n) is 9.96. The summed E-state index contributed by atoms with van der Waals surface area (Å²) >= 11 is 3.45. The van der Waals surface area contributed by atoms with Crippen molar-refractivity contribution >= 4 is 33.3 Å². The second-order valence-corrected chi connectivity index (χ2v) is 6.07. The number of hydrogen-bond donors (Lipinski definition) is 0. The van der Waals surface area contributed by atoms with E-state index in [9.17, 15) is 0 Å². The number of hydrogen-bond acceptors (Lipinski definition) is 4. The van der Waals surface area contributed by atoms with Crippen LogP contribution in [0.5, 0.6) is 0 Å². The first-order valence-electron chi connectivity index (χ1n) is 5.68. The summed E-state index contributed by atoms with van der Waals surface area (Å²) in [4.78, 5) is 8.90. The van der Waals surface area contributed by atoms with Crippen molar-refractivity contribution in [3.63, 3.8) is 0 Å². The summed E-state index contributed by atoms with van der Waals surface area (Å²) in [5.41, 5.74) is 3.48. The quantitative estimate of drug-likeness (QED) is 0.674. The van der Waals surface area contributed by atoms with Crippen LogP contribution in [0.3, 0.4) is 0 Å². The van der Waals surface area contributed by atoms with E-state index in [1.165, 1.54) is 10.3 Å². The molecule has 0 bridgehead atoms. The smallest absolute Gasteiger partial charge is 0.150 e. The zero-order valence-corrected chi connectivity index (χ0v) is 11.6. The van der Waals surface area contributed by atoms with E-state index in [0.29, 0.717) is 0 Å². The molecule has 1 aromatic carbocycles. The Labute approximate surface area is 114 Å². The lowest BCUT2D eigenvalue weighted by molar-refractivity contribution is 1.08. The highest BCUT2D eigenvalue weighted by Crippen LogP contribution is 2.29. The Bertz CT molecular complexity index is 662. The van der Waals surface area contributed by atoms with Crippen LogP contribution in [0.4, 0.5) is 0 Å². The summed E-state index contributed by atoms with van der Waals surface area (Å²) in [7, 11) is 0. The molecule has 0 amide bonds. The molecule has 0 saturated heterocycles. The van der Waals surface area contributed by atoms with Crippen LogP contribution in [0.25, 0.3) is 10.2 Å². The third-order valence-electron chi connectivity index (χ3n) is 2.72. The fraction of sp³-hybridized carbons (Fsp3) is 0.143. The van der Waals surface area contributed by atoms with Gasteiger partial charge in [-0.3, -0.25) is 4.98 Å². The summed E-state index contributed by atoms with van der Waals surface area (Å²) in [6.45, 7) is 0. The maximum atomic E-state index is 4.55. The van der Waals surface area contributed by atoms with Gasteiger partial charge >= 0.3 is 0 Å². The SMILES string of the molecule is CSc1nc2ccc(Cc3ccccn3)cc2s1. The molecule has 0 aliphatic rings. The van der Waals surface area contributed by atoms with Gasteiger partial charge in [0.05, 0.1) is 10.2 Å². The van der Waals surface area contributed by atoms with Gasteiger partial charge in [0, 0.05) is 18.3 Å². The molecule has 0 aliphatic carbocycles. The van der Waals surface area contributed by atoms with E-state index in [-0.39, 0.29) is 0 Å². The van der Waals surface area contributed by atoms with E-state index >= 15 is 0 Å². The number of thiazole rings is 1. The minimum Gasteiger partial charge on any atom is -0.261 e. The molecule has 0 saturated carbocycles. The van der Waals surface area contributed by atoms with E-state index in [2.05, 4.69) is 40.5 Å². The van der Waals surface area contributed by atoms with E-state index < -0.39 is 0 Å². The maximum absolute atomic E-state index is 4.55. The van der Waals surface area contributed by atoms with Crippen LogP contribution in [-0.4, -0.2) is 16.2 Å². The lowest BCUT2D eigenvalue weighted by Crippen LogP contribution is -1.90. The summed E-state index contributed by atoms with van der Waals surface area (Å²) in [5, 5.41) is 0. The van der Waals surface area contributed by atoms with Crippen LogP contribution >= 0.6 is 23.1 Å². The minimum absolute atomic E-state index is 0.878. The van der Waals surface area contributed by atoms with Crippen LogP contribution in [0.1, 0.15) is 11.3 Å². The van der Waals surface area contributed by atoms with Crippen LogP contribution in [-0.2, 0) is 6.42 Å². The Morgan fingerprint density at radius 1 is 1.22 bits per heavy atom. The van der Waals surface area contributed by atoms with Crippen molar-refractivity contribution in [1.29, 1.82) is 0 Å². The van der Waals surface area contributed by atoms with Gasteiger partial charge in [0.25, 0.3) is 0 Å². The number of fused-ring (bicyclic) bond motifs is 1. The number of aromatic nitrogens is 2. The first-order chi connectivity index (χ1) is 8.85. The van der Waals surface area contributed by atoms with Gasteiger partial charge in [0.15, 0.2) is 4.34 Å². The van der Waals surface area contributed by atoms with Crippen molar-refractivity contribution in [2.75, 3.05) is 6.26 Å². The highest BCUT2D eigenvalue weighted by Gasteiger charge is 2.04. The number of pyridine rings is 1. The van der Waals surface area contributed by atoms with Crippen LogP contribution in [0.15, 0.2) is 46.9 Å². The summed E-state index contributed by atoms with van der Waals surface area (Å²) in [5.74, 6) is 0. The topological polar surface area (TPSA) is 25.8 Å². The predicted octanol–water partition coefficient (Wildman–Crippen LogP) is 4.00. The fourth-order valence-corrected chi connectivity index (χ4v) is 3.41. The normalized spacial score (nSPS) is 10.9. The Balaban J connectivity index is 1.93. The van der Waals surface area contributed by atoms with Crippen LogP contribution < -0.4 is 0 Å². The van der Waals surface area contributed by atoms with Crippen molar-refractivity contribution in [3.05, 3.63) is 53.9 Å². The van der Waals surface area contributed by atoms with Crippen molar-refractivity contribution in [2.45, 2.75) is 10.8 Å². The van der Waals surface area contributed by atoms with E-state index in [1.807, 2.05) is 18.3 Å². The van der Waals surface area contributed by atoms with Gasteiger partial charge in [-0.15, -0.1) is 11.3 Å². The van der Waals surface area contributed by atoms with Gasteiger partial charge in [0.1, 0.15) is 0 Å². The Kier molecular flexibility index (Phi) is 3.30. The van der Waals surface area contributed by atoms with Crippen molar-refractivity contribution < 1.29 is 0 Å². The molecule has 3 aromatic rings. The van der Waals surface area contributed by atoms with Crippen molar-refractivity contribution in [3.8, 4) is 0 Å². The van der Waals surface area contributed by atoms with E-state index in [4.69, 9.17) is 0 Å². The average molecular weight is 272 g/mol. The molecule has 2 heterocycles. The molecule has 0 atom stereocenters. The van der Waals surface area contributed by atoms with Crippen LogP contribution in [0, 0.1) is 0 Å². The summed E-state index contributed by atoms with van der Waals surface area (Å²) in [6.07, 6.45) is 4.78. The molecular weight excluding hydrogens is 260 g/mol. The maximum Gasteiger partial charge on any atom is 0.150 e. The fourth-order valence-electron chi connectivity index (χ4n) is 1.86. The molecule has 0 aliphatic heterocycles. The Morgan fingerprint density at radius 3 is 2.94 bits per heavy atom. The molecule has 0 fully saturated rings. The predicted molar refractivity (Wildman–Crippen MR) is 78.4 cm³/mol. The van der Waals surface area contributed by atoms with Crippen LogP contribution in [0.2, 0.25) is 0 Å². The molecule has 0 spiro atoms. The highest BCUT2D eigenvalue weighted by molar-refractivity contribution is 8.00. The molecule has 0 radical (unpaired) electrons. The number of thioether (sulfide) groups is 1. The monoisotopic (exact) mass is 272 g/mol. The second-order valence-electron chi connectivity index (χ2n) is 3.98. The molecular formula is C14H12N2S2. The van der Waals surface area contributed by atoms with Crippen molar-refractivity contribution in [2.24, 2.45) is 0 Å². The molecule has 4 heteroatoms. The molecule has 18 heavy (non-hydrogen) atoms. The van der Waals surface area contributed by atoms with Gasteiger partial charge in [-0.05, 0) is 36.1 Å². The zero-order chi connectivity index (χ0) is 12.4. The first-order valence-corrected chi connectivity index (χ1v) is 7.72. The molecule has 3 rings (SSSR count). The Morgan fingerprint density at radius 2 is 2.17 bits per heavy atom. The molecule has 0 unspecified atom stereocenters. The number of nitrogens with zero attached hydrogens (tertiary/aromatic N) is 2. The van der Waals surface area contributed by atoms with Gasteiger partial charge < -0.3 is 0 Å².